The third-order valence-electron chi connectivity index (χ3n) is 1.61. The minimum atomic E-state index is -0.251. The van der Waals surface area contributed by atoms with Gasteiger partial charge in [0.2, 0.25) is 0 Å². The molecule has 1 aromatic heterocycles. The van der Waals surface area contributed by atoms with E-state index in [0.717, 1.165) is 5.06 Å². The summed E-state index contributed by atoms with van der Waals surface area (Å²) in [5, 5.41) is 1.13. The molecule has 6 heteroatoms. The summed E-state index contributed by atoms with van der Waals surface area (Å²) in [6.07, 6.45) is 0. The van der Waals surface area contributed by atoms with Crippen molar-refractivity contribution in [2.75, 3.05) is 14.2 Å². The van der Waals surface area contributed by atoms with Crippen molar-refractivity contribution in [1.82, 2.24) is 10.0 Å². The maximum absolute atomic E-state index is 11.6. The van der Waals surface area contributed by atoms with E-state index >= 15 is 0 Å². The molecule has 0 aliphatic heterocycles. The molecule has 0 unspecified atom stereocenters. The number of nitrogens with zero attached hydrogens (tertiary/aromatic N) is 2. The van der Waals surface area contributed by atoms with E-state index in [-0.39, 0.29) is 5.91 Å². The molecule has 0 aliphatic rings. The smallest absolute Gasteiger partial charge is 0.274 e. The molecule has 0 aliphatic carbocycles. The van der Waals surface area contributed by atoms with Gasteiger partial charge in [-0.05, 0) is 44.0 Å². The van der Waals surface area contributed by atoms with Crippen LogP contribution in [0, 0.1) is 0 Å². The Bertz CT molecular complexity index is 357. The van der Waals surface area contributed by atoms with Crippen LogP contribution in [0.3, 0.4) is 0 Å². The molecule has 0 spiro atoms. The summed E-state index contributed by atoms with van der Waals surface area (Å²) in [5.74, 6) is -0.251. The molecule has 0 fully saturated rings. The van der Waals surface area contributed by atoms with Crippen LogP contribution < -0.4 is 0 Å². The van der Waals surface area contributed by atoms with E-state index in [1.54, 1.807) is 12.1 Å². The fourth-order valence-electron chi connectivity index (χ4n) is 0.824. The third-order valence-corrected chi connectivity index (χ3v) is 2.65. The maximum atomic E-state index is 11.6. The van der Waals surface area contributed by atoms with Crippen LogP contribution in [-0.4, -0.2) is 30.1 Å². The lowest BCUT2D eigenvalue weighted by molar-refractivity contribution is -0.0757. The second-order valence-corrected chi connectivity index (χ2v) is 4.02. The number of aromatic nitrogens is 1. The fraction of sp³-hybridized carbons (Fsp3) is 0.250. The van der Waals surface area contributed by atoms with Gasteiger partial charge in [0.15, 0.2) is 0 Å². The lowest BCUT2D eigenvalue weighted by atomic mass is 10.3. The zero-order valence-electron chi connectivity index (χ0n) is 7.62. The molecule has 0 bridgehead atoms. The highest BCUT2D eigenvalue weighted by molar-refractivity contribution is 9.11. The Balaban J connectivity index is 3.02. The molecule has 1 amide bonds. The van der Waals surface area contributed by atoms with Gasteiger partial charge < -0.3 is 0 Å². The highest BCUT2D eigenvalue weighted by Gasteiger charge is 2.15. The van der Waals surface area contributed by atoms with E-state index in [1.165, 1.54) is 14.2 Å². The van der Waals surface area contributed by atoms with Crippen LogP contribution in [0.2, 0.25) is 0 Å². The number of carbonyl (C=O) groups excluding carboxylic acids is 1. The first-order valence-corrected chi connectivity index (χ1v) is 5.29. The van der Waals surface area contributed by atoms with E-state index in [1.807, 2.05) is 0 Å². The number of pyridine rings is 1. The first kappa shape index (κ1) is 11.6. The highest BCUT2D eigenvalue weighted by atomic mass is 79.9. The van der Waals surface area contributed by atoms with E-state index in [2.05, 4.69) is 36.8 Å². The standard InChI is InChI=1S/C8H8Br2N2O2/c1-12(14-2)8(13)5-3-4-6(9)11-7(5)10/h3-4H,1-2H3. The Morgan fingerprint density at radius 3 is 2.64 bits per heavy atom. The predicted molar refractivity (Wildman–Crippen MR) is 58.7 cm³/mol. The molecule has 0 N–H and O–H groups in total. The molecular weight excluding hydrogens is 316 g/mol. The Morgan fingerprint density at radius 1 is 1.50 bits per heavy atom. The van der Waals surface area contributed by atoms with Crippen molar-refractivity contribution in [3.05, 3.63) is 26.9 Å². The van der Waals surface area contributed by atoms with Crippen molar-refractivity contribution in [2.24, 2.45) is 0 Å². The number of hydroxylamine groups is 2. The van der Waals surface area contributed by atoms with Crippen LogP contribution in [0.4, 0.5) is 0 Å². The van der Waals surface area contributed by atoms with Crippen molar-refractivity contribution in [2.45, 2.75) is 0 Å². The largest absolute Gasteiger partial charge is 0.279 e. The Labute approximate surface area is 98.5 Å². The summed E-state index contributed by atoms with van der Waals surface area (Å²) in [7, 11) is 2.97. The fourth-order valence-corrected chi connectivity index (χ4v) is 1.86. The van der Waals surface area contributed by atoms with Gasteiger partial charge in [-0.3, -0.25) is 9.63 Å². The maximum Gasteiger partial charge on any atom is 0.279 e. The molecule has 14 heavy (non-hydrogen) atoms. The van der Waals surface area contributed by atoms with Crippen LogP contribution in [-0.2, 0) is 4.84 Å². The summed E-state index contributed by atoms with van der Waals surface area (Å²) < 4.78 is 1.15. The van der Waals surface area contributed by atoms with Gasteiger partial charge in [-0.2, -0.15) is 0 Å². The second kappa shape index (κ2) is 4.86. The average Bonchev–Trinajstić information content (AvgIpc) is 2.15. The van der Waals surface area contributed by atoms with Crippen LogP contribution in [0.15, 0.2) is 21.3 Å². The van der Waals surface area contributed by atoms with Crippen LogP contribution >= 0.6 is 31.9 Å². The first-order valence-electron chi connectivity index (χ1n) is 3.70. The van der Waals surface area contributed by atoms with Crippen molar-refractivity contribution in [1.29, 1.82) is 0 Å². The number of carbonyl (C=O) groups is 1. The summed E-state index contributed by atoms with van der Waals surface area (Å²) in [6.45, 7) is 0. The van der Waals surface area contributed by atoms with Gasteiger partial charge in [-0.25, -0.2) is 10.0 Å². The predicted octanol–water partition coefficient (Wildman–Crippen LogP) is 2.24. The number of rotatable bonds is 2. The first-order chi connectivity index (χ1) is 6.56. The zero-order valence-corrected chi connectivity index (χ0v) is 10.8. The van der Waals surface area contributed by atoms with Crippen molar-refractivity contribution in [3.63, 3.8) is 0 Å². The van der Waals surface area contributed by atoms with Crippen molar-refractivity contribution < 1.29 is 9.63 Å². The van der Waals surface area contributed by atoms with E-state index in [0.29, 0.717) is 14.8 Å². The molecule has 1 rings (SSSR count). The van der Waals surface area contributed by atoms with Crippen LogP contribution in [0.25, 0.3) is 0 Å². The quantitative estimate of drug-likeness (QED) is 0.619. The Hall–Kier alpha value is -0.460. The monoisotopic (exact) mass is 322 g/mol. The van der Waals surface area contributed by atoms with Gasteiger partial charge >= 0.3 is 0 Å². The second-order valence-electron chi connectivity index (χ2n) is 2.46. The molecular formula is C8H8Br2N2O2. The topological polar surface area (TPSA) is 42.4 Å². The van der Waals surface area contributed by atoms with Crippen LogP contribution in [0.5, 0.6) is 0 Å². The van der Waals surface area contributed by atoms with Gasteiger partial charge in [0.25, 0.3) is 5.91 Å². The molecule has 0 atom stereocenters. The van der Waals surface area contributed by atoms with Crippen molar-refractivity contribution >= 4 is 37.8 Å². The molecule has 0 saturated carbocycles. The van der Waals surface area contributed by atoms with Crippen LogP contribution in [0.1, 0.15) is 10.4 Å². The number of hydrogen-bond donors (Lipinski definition) is 0. The zero-order chi connectivity index (χ0) is 10.7. The van der Waals surface area contributed by atoms with Gasteiger partial charge in [-0.1, -0.05) is 0 Å². The number of halogens is 2. The molecule has 1 heterocycles. The summed E-state index contributed by atoms with van der Waals surface area (Å²) in [6, 6.07) is 3.36. The third kappa shape index (κ3) is 2.52. The van der Waals surface area contributed by atoms with E-state index < -0.39 is 0 Å². The molecule has 0 radical (unpaired) electrons. The van der Waals surface area contributed by atoms with E-state index in [9.17, 15) is 4.79 Å². The number of hydrogen-bond acceptors (Lipinski definition) is 3. The minimum absolute atomic E-state index is 0.251. The molecule has 76 valence electrons. The lowest BCUT2D eigenvalue weighted by Gasteiger charge is -2.13. The normalized spacial score (nSPS) is 10.0. The van der Waals surface area contributed by atoms with Gasteiger partial charge in [0, 0.05) is 7.05 Å². The Morgan fingerprint density at radius 2 is 2.14 bits per heavy atom. The van der Waals surface area contributed by atoms with Crippen molar-refractivity contribution in [3.8, 4) is 0 Å². The summed E-state index contributed by atoms with van der Waals surface area (Å²) in [4.78, 5) is 20.4. The average molecular weight is 324 g/mol. The minimum Gasteiger partial charge on any atom is -0.274 e. The molecule has 4 nitrogen and oxygen atoms in total. The molecule has 1 aromatic rings. The van der Waals surface area contributed by atoms with Gasteiger partial charge in [-0.15, -0.1) is 0 Å². The van der Waals surface area contributed by atoms with Gasteiger partial charge in [0.05, 0.1) is 12.7 Å². The summed E-state index contributed by atoms with van der Waals surface area (Å²) >= 11 is 6.40. The highest BCUT2D eigenvalue weighted by Crippen LogP contribution is 2.18. The number of amides is 1. The Kier molecular flexibility index (Phi) is 4.03. The summed E-state index contributed by atoms with van der Waals surface area (Å²) in [5.41, 5.74) is 0.456. The van der Waals surface area contributed by atoms with Gasteiger partial charge in [0.1, 0.15) is 9.21 Å². The lowest BCUT2D eigenvalue weighted by Crippen LogP contribution is -2.25. The molecule has 0 saturated heterocycles. The SMILES string of the molecule is CON(C)C(=O)c1ccc(Br)nc1Br. The van der Waals surface area contributed by atoms with E-state index in [4.69, 9.17) is 4.84 Å². The molecule has 0 aromatic carbocycles.